The van der Waals surface area contributed by atoms with Crippen molar-refractivity contribution in [1.82, 2.24) is 5.32 Å². The van der Waals surface area contributed by atoms with Gasteiger partial charge < -0.3 is 5.32 Å². The van der Waals surface area contributed by atoms with Crippen molar-refractivity contribution in [2.24, 2.45) is 0 Å². The van der Waals surface area contributed by atoms with Gasteiger partial charge >= 0.3 is 6.18 Å². The Morgan fingerprint density at radius 3 is 2.50 bits per heavy atom. The minimum absolute atomic E-state index is 0.0489. The smallest absolute Gasteiger partial charge is 0.307 e. The van der Waals surface area contributed by atoms with Gasteiger partial charge in [0.15, 0.2) is 5.78 Å². The number of alkyl halides is 3. The summed E-state index contributed by atoms with van der Waals surface area (Å²) in [6.45, 7) is 0.762. The van der Waals surface area contributed by atoms with E-state index in [1.54, 1.807) is 0 Å². The maximum Gasteiger partial charge on any atom is 0.419 e. The largest absolute Gasteiger partial charge is 0.419 e. The lowest BCUT2D eigenvalue weighted by atomic mass is 9.96. The van der Waals surface area contributed by atoms with Gasteiger partial charge in [-0.2, -0.15) is 13.2 Å². The van der Waals surface area contributed by atoms with Crippen molar-refractivity contribution in [1.29, 1.82) is 0 Å². The number of benzene rings is 1. The van der Waals surface area contributed by atoms with Gasteiger partial charge in [0.05, 0.1) is 11.6 Å². The van der Waals surface area contributed by atoms with Crippen LogP contribution in [-0.2, 0) is 17.4 Å². The Balaban J connectivity index is 2.11. The first-order valence-corrected chi connectivity index (χ1v) is 5.49. The summed E-state index contributed by atoms with van der Waals surface area (Å²) in [4.78, 5) is 11.6. The van der Waals surface area contributed by atoms with Crippen LogP contribution in [-0.4, -0.2) is 18.4 Å². The van der Waals surface area contributed by atoms with Crippen molar-refractivity contribution in [3.05, 3.63) is 35.1 Å². The van der Waals surface area contributed by atoms with Crippen LogP contribution in [0.2, 0.25) is 0 Å². The van der Waals surface area contributed by atoms with E-state index in [-0.39, 0.29) is 23.8 Å². The molecule has 0 unspecified atom stereocenters. The summed E-state index contributed by atoms with van der Waals surface area (Å²) in [5, 5.41) is 2.89. The first-order chi connectivity index (χ1) is 8.38. The molecular weight excluding hydrogens is 250 g/mol. The number of Topliss-reactive ketones (excluding diaryl/α,β-unsaturated/α-hetero) is 1. The minimum Gasteiger partial charge on any atom is -0.307 e. The molecule has 1 N–H and O–H groups in total. The van der Waals surface area contributed by atoms with Gasteiger partial charge in [0.25, 0.3) is 0 Å². The number of nitrogens with one attached hydrogen (secondary N) is 1. The van der Waals surface area contributed by atoms with Crippen molar-refractivity contribution in [2.45, 2.75) is 25.1 Å². The zero-order valence-corrected chi connectivity index (χ0v) is 9.35. The average Bonchev–Trinajstić information content (AvgIpc) is 2.11. The Labute approximate surface area is 101 Å². The molecule has 0 aromatic heterocycles. The van der Waals surface area contributed by atoms with Crippen molar-refractivity contribution in [3.8, 4) is 0 Å². The molecule has 6 heteroatoms. The molecule has 1 aromatic carbocycles. The highest BCUT2D eigenvalue weighted by molar-refractivity contribution is 5.86. The molecule has 1 atom stereocenters. The third-order valence-electron chi connectivity index (χ3n) is 2.93. The van der Waals surface area contributed by atoms with Gasteiger partial charge in [-0.3, -0.25) is 4.79 Å². The third-order valence-corrected chi connectivity index (χ3v) is 2.93. The van der Waals surface area contributed by atoms with E-state index in [2.05, 4.69) is 5.32 Å². The van der Waals surface area contributed by atoms with Crippen LogP contribution in [0, 0.1) is 5.82 Å². The molecule has 0 saturated carbocycles. The zero-order valence-electron chi connectivity index (χ0n) is 9.35. The van der Waals surface area contributed by atoms with E-state index in [0.29, 0.717) is 6.07 Å². The number of rotatable bonds is 3. The maximum absolute atomic E-state index is 13.2. The summed E-state index contributed by atoms with van der Waals surface area (Å²) in [6, 6.07) is 2.35. The third kappa shape index (κ3) is 2.69. The Hall–Kier alpha value is -1.43. The molecule has 2 rings (SSSR count). The van der Waals surface area contributed by atoms with E-state index >= 15 is 0 Å². The van der Waals surface area contributed by atoms with Gasteiger partial charge in [0.1, 0.15) is 5.82 Å². The van der Waals surface area contributed by atoms with Crippen molar-refractivity contribution in [3.63, 3.8) is 0 Å². The molecule has 1 aliphatic heterocycles. The number of carbonyl (C=O) groups is 1. The Morgan fingerprint density at radius 2 is 2.06 bits per heavy atom. The second-order valence-electron chi connectivity index (χ2n) is 4.25. The van der Waals surface area contributed by atoms with Crippen LogP contribution in [0.25, 0.3) is 0 Å². The molecule has 1 saturated heterocycles. The second kappa shape index (κ2) is 4.68. The zero-order chi connectivity index (χ0) is 13.3. The van der Waals surface area contributed by atoms with Crippen LogP contribution in [0.4, 0.5) is 17.6 Å². The first kappa shape index (κ1) is 13.0. The van der Waals surface area contributed by atoms with Crippen LogP contribution in [0.1, 0.15) is 17.5 Å². The molecular formula is C12H11F4NO. The summed E-state index contributed by atoms with van der Waals surface area (Å²) in [6.07, 6.45) is -4.03. The summed E-state index contributed by atoms with van der Waals surface area (Å²) >= 11 is 0. The lowest BCUT2D eigenvalue weighted by Crippen LogP contribution is -2.49. The summed E-state index contributed by atoms with van der Waals surface area (Å²) in [7, 11) is 0. The van der Waals surface area contributed by atoms with Crippen molar-refractivity contribution >= 4 is 5.78 Å². The Bertz CT molecular complexity index is 466. The van der Waals surface area contributed by atoms with Crippen molar-refractivity contribution < 1.29 is 22.4 Å². The van der Waals surface area contributed by atoms with Crippen LogP contribution < -0.4 is 5.32 Å². The Kier molecular flexibility index (Phi) is 3.38. The predicted molar refractivity (Wildman–Crippen MR) is 56.5 cm³/mol. The second-order valence-corrected chi connectivity index (χ2v) is 4.25. The fourth-order valence-electron chi connectivity index (χ4n) is 1.79. The lowest BCUT2D eigenvalue weighted by Gasteiger charge is -2.26. The number of carbonyl (C=O) groups excluding carboxylic acids is 1. The normalized spacial score (nSPS) is 19.4. The predicted octanol–water partition coefficient (Wildman–Crippen LogP) is 2.32. The minimum atomic E-state index is -4.71. The summed E-state index contributed by atoms with van der Waals surface area (Å²) in [5.41, 5.74) is -1.04. The molecule has 1 fully saturated rings. The quantitative estimate of drug-likeness (QED) is 0.846. The van der Waals surface area contributed by atoms with Crippen molar-refractivity contribution in [2.75, 3.05) is 6.54 Å². The highest BCUT2D eigenvalue weighted by Gasteiger charge is 2.34. The highest BCUT2D eigenvalue weighted by atomic mass is 19.4. The molecule has 0 aliphatic carbocycles. The van der Waals surface area contributed by atoms with E-state index in [1.165, 1.54) is 0 Å². The number of hydrogen-bond donors (Lipinski definition) is 1. The SMILES string of the molecule is O=C(Cc1ccc(C(F)(F)F)c(F)c1)[C@@H]1CCN1. The van der Waals surface area contributed by atoms with Gasteiger partial charge in [-0.05, 0) is 30.7 Å². The van der Waals surface area contributed by atoms with Crippen LogP contribution in [0.5, 0.6) is 0 Å². The fraction of sp³-hybridized carbons (Fsp3) is 0.417. The van der Waals surface area contributed by atoms with Gasteiger partial charge in [0, 0.05) is 6.42 Å². The first-order valence-electron chi connectivity index (χ1n) is 5.49. The van der Waals surface area contributed by atoms with E-state index in [0.717, 1.165) is 25.1 Å². The van der Waals surface area contributed by atoms with E-state index in [4.69, 9.17) is 0 Å². The molecule has 1 aromatic rings. The molecule has 98 valence electrons. The Morgan fingerprint density at radius 1 is 1.39 bits per heavy atom. The van der Waals surface area contributed by atoms with E-state index in [1.807, 2.05) is 0 Å². The molecule has 18 heavy (non-hydrogen) atoms. The summed E-state index contributed by atoms with van der Waals surface area (Å²) < 4.78 is 50.2. The standard InChI is InChI=1S/C12H11F4NO/c13-9-5-7(1-2-8(9)12(14,15)16)6-11(18)10-3-4-17-10/h1-2,5,10,17H,3-4,6H2/t10-/m0/s1. The molecule has 1 heterocycles. The summed E-state index contributed by atoms with van der Waals surface area (Å²) in [5.74, 6) is -1.46. The van der Waals surface area contributed by atoms with Gasteiger partial charge in [-0.25, -0.2) is 4.39 Å². The van der Waals surface area contributed by atoms with Crippen LogP contribution in [0.3, 0.4) is 0 Å². The highest BCUT2D eigenvalue weighted by Crippen LogP contribution is 2.31. The number of halogens is 4. The molecule has 2 nitrogen and oxygen atoms in total. The van der Waals surface area contributed by atoms with Crippen LogP contribution >= 0.6 is 0 Å². The molecule has 0 radical (unpaired) electrons. The van der Waals surface area contributed by atoms with Gasteiger partial charge in [-0.15, -0.1) is 0 Å². The monoisotopic (exact) mass is 261 g/mol. The van der Waals surface area contributed by atoms with Gasteiger partial charge in [0.2, 0.25) is 0 Å². The number of hydrogen-bond acceptors (Lipinski definition) is 2. The topological polar surface area (TPSA) is 29.1 Å². The van der Waals surface area contributed by atoms with E-state index in [9.17, 15) is 22.4 Å². The van der Waals surface area contributed by atoms with Gasteiger partial charge in [-0.1, -0.05) is 6.07 Å². The average molecular weight is 261 g/mol. The number of ketones is 1. The maximum atomic E-state index is 13.2. The lowest BCUT2D eigenvalue weighted by molar-refractivity contribution is -0.140. The van der Waals surface area contributed by atoms with Crippen LogP contribution in [0.15, 0.2) is 18.2 Å². The fourth-order valence-corrected chi connectivity index (χ4v) is 1.79. The molecule has 0 amide bonds. The molecule has 1 aliphatic rings. The van der Waals surface area contributed by atoms with E-state index < -0.39 is 17.6 Å². The molecule has 0 bridgehead atoms. The molecule has 0 spiro atoms.